The molecule has 2 N–H and O–H groups in total. The Hall–Kier alpha value is -1.35. The van der Waals surface area contributed by atoms with E-state index in [0.717, 1.165) is 50.4 Å². The van der Waals surface area contributed by atoms with Gasteiger partial charge < -0.3 is 15.5 Å². The minimum atomic E-state index is -0.193. The van der Waals surface area contributed by atoms with Crippen LogP contribution in [0.3, 0.4) is 0 Å². The quantitative estimate of drug-likeness (QED) is 0.352. The van der Waals surface area contributed by atoms with Crippen LogP contribution in [-0.2, 0) is 6.42 Å². The Morgan fingerprint density at radius 2 is 1.96 bits per heavy atom. The second kappa shape index (κ2) is 11.5. The van der Waals surface area contributed by atoms with E-state index >= 15 is 0 Å². The summed E-state index contributed by atoms with van der Waals surface area (Å²) < 4.78 is 13.0. The highest BCUT2D eigenvalue weighted by atomic mass is 127. The van der Waals surface area contributed by atoms with E-state index in [2.05, 4.69) is 45.0 Å². The van der Waals surface area contributed by atoms with Crippen LogP contribution in [0.2, 0.25) is 0 Å². The maximum absolute atomic E-state index is 13.0. The van der Waals surface area contributed by atoms with Crippen LogP contribution in [0, 0.1) is 5.82 Å². The van der Waals surface area contributed by atoms with Crippen LogP contribution in [-0.4, -0.2) is 38.2 Å². The summed E-state index contributed by atoms with van der Waals surface area (Å²) in [6.07, 6.45) is 3.04. The van der Waals surface area contributed by atoms with Crippen LogP contribution in [0.15, 0.2) is 46.8 Å². The maximum atomic E-state index is 13.0. The lowest BCUT2D eigenvalue weighted by molar-refractivity contribution is 0.463. The molecule has 1 aliphatic heterocycles. The normalized spacial score (nSPS) is 15.3. The van der Waals surface area contributed by atoms with Crippen LogP contribution in [0.1, 0.15) is 25.3 Å². The molecule has 27 heavy (non-hydrogen) atoms. The molecule has 0 spiro atoms. The molecule has 1 fully saturated rings. The summed E-state index contributed by atoms with van der Waals surface area (Å²) in [5.74, 6) is 0.685. The molecular weight excluding hydrogens is 474 g/mol. The standard InChI is InChI=1S/C20H27FN4S.HI/c1-2-22-20(23-12-9-16-5-7-17(21)8-6-16)24-18-10-13-25(14-11-18)19-4-3-15-26-19;/h3-8,15,18H,2,9-14H2,1H3,(H2,22,23,24);1H. The molecule has 2 aromatic rings. The number of hydrogen-bond acceptors (Lipinski definition) is 3. The van der Waals surface area contributed by atoms with Crippen molar-refractivity contribution in [2.45, 2.75) is 32.2 Å². The van der Waals surface area contributed by atoms with Crippen molar-refractivity contribution in [2.24, 2.45) is 4.99 Å². The number of thiophene rings is 1. The predicted molar refractivity (Wildman–Crippen MR) is 124 cm³/mol. The molecule has 1 saturated heterocycles. The Kier molecular flexibility index (Phi) is 9.33. The minimum Gasteiger partial charge on any atom is -0.363 e. The SMILES string of the molecule is CCNC(=NCCc1ccc(F)cc1)NC1CCN(c2cccs2)CC1.I. The number of benzene rings is 1. The van der Waals surface area contributed by atoms with Crippen LogP contribution in [0.25, 0.3) is 0 Å². The third kappa shape index (κ3) is 6.95. The number of halogens is 2. The van der Waals surface area contributed by atoms with Crippen molar-refractivity contribution in [3.63, 3.8) is 0 Å². The number of hydrogen-bond donors (Lipinski definition) is 2. The molecule has 0 radical (unpaired) electrons. The molecule has 0 amide bonds. The maximum Gasteiger partial charge on any atom is 0.191 e. The van der Waals surface area contributed by atoms with Crippen molar-refractivity contribution in [2.75, 3.05) is 31.1 Å². The molecule has 0 atom stereocenters. The predicted octanol–water partition coefficient (Wildman–Crippen LogP) is 4.27. The Bertz CT molecular complexity index is 683. The molecule has 1 aliphatic rings. The Balaban J connectivity index is 0.00000261. The number of aliphatic imine (C=N–C) groups is 1. The molecule has 4 nitrogen and oxygen atoms in total. The molecule has 7 heteroatoms. The zero-order valence-electron chi connectivity index (χ0n) is 15.7. The van der Waals surface area contributed by atoms with Crippen LogP contribution < -0.4 is 15.5 Å². The van der Waals surface area contributed by atoms with Crippen LogP contribution >= 0.6 is 35.3 Å². The van der Waals surface area contributed by atoms with Crippen LogP contribution in [0.5, 0.6) is 0 Å². The van der Waals surface area contributed by atoms with Crippen molar-refractivity contribution < 1.29 is 4.39 Å². The van der Waals surface area contributed by atoms with E-state index in [1.807, 2.05) is 23.5 Å². The summed E-state index contributed by atoms with van der Waals surface area (Å²) in [7, 11) is 0. The second-order valence-corrected chi connectivity index (χ2v) is 7.42. The minimum absolute atomic E-state index is 0. The smallest absolute Gasteiger partial charge is 0.191 e. The van der Waals surface area contributed by atoms with Crippen molar-refractivity contribution in [3.8, 4) is 0 Å². The van der Waals surface area contributed by atoms with Gasteiger partial charge in [-0.2, -0.15) is 0 Å². The number of piperidine rings is 1. The zero-order valence-corrected chi connectivity index (χ0v) is 18.8. The molecule has 2 heterocycles. The lowest BCUT2D eigenvalue weighted by Gasteiger charge is -2.33. The average molecular weight is 502 g/mol. The molecule has 0 saturated carbocycles. The topological polar surface area (TPSA) is 39.7 Å². The lowest BCUT2D eigenvalue weighted by atomic mass is 10.1. The molecular formula is C20H28FIN4S. The second-order valence-electron chi connectivity index (χ2n) is 6.49. The number of anilines is 1. The first-order chi connectivity index (χ1) is 12.7. The first-order valence-corrected chi connectivity index (χ1v) is 10.2. The highest BCUT2D eigenvalue weighted by Gasteiger charge is 2.20. The third-order valence-corrected chi connectivity index (χ3v) is 5.51. The van der Waals surface area contributed by atoms with E-state index in [0.29, 0.717) is 12.6 Å². The van der Waals surface area contributed by atoms with Crippen molar-refractivity contribution in [1.29, 1.82) is 0 Å². The van der Waals surface area contributed by atoms with Gasteiger partial charge in [0.2, 0.25) is 0 Å². The summed E-state index contributed by atoms with van der Waals surface area (Å²) in [4.78, 5) is 7.14. The van der Waals surface area contributed by atoms with Gasteiger partial charge >= 0.3 is 0 Å². The molecule has 0 unspecified atom stereocenters. The number of nitrogens with zero attached hydrogens (tertiary/aromatic N) is 2. The van der Waals surface area contributed by atoms with Gasteiger partial charge in [0, 0.05) is 32.2 Å². The highest BCUT2D eigenvalue weighted by molar-refractivity contribution is 14.0. The van der Waals surface area contributed by atoms with Gasteiger partial charge in [-0.15, -0.1) is 35.3 Å². The number of nitrogens with one attached hydrogen (secondary N) is 2. The first-order valence-electron chi connectivity index (χ1n) is 9.32. The fraction of sp³-hybridized carbons (Fsp3) is 0.450. The van der Waals surface area contributed by atoms with Gasteiger partial charge in [0.25, 0.3) is 0 Å². The van der Waals surface area contributed by atoms with Gasteiger partial charge in [0.15, 0.2) is 5.96 Å². The van der Waals surface area contributed by atoms with Crippen molar-refractivity contribution in [1.82, 2.24) is 10.6 Å². The molecule has 0 bridgehead atoms. The molecule has 3 rings (SSSR count). The average Bonchev–Trinajstić information content (AvgIpc) is 3.19. The van der Waals surface area contributed by atoms with E-state index in [4.69, 9.17) is 0 Å². The van der Waals surface area contributed by atoms with E-state index in [-0.39, 0.29) is 29.8 Å². The monoisotopic (exact) mass is 502 g/mol. The van der Waals surface area contributed by atoms with E-state index in [9.17, 15) is 4.39 Å². The zero-order chi connectivity index (χ0) is 18.2. The largest absolute Gasteiger partial charge is 0.363 e. The highest BCUT2D eigenvalue weighted by Crippen LogP contribution is 2.24. The van der Waals surface area contributed by atoms with E-state index < -0.39 is 0 Å². The van der Waals surface area contributed by atoms with Gasteiger partial charge in [-0.05, 0) is 61.4 Å². The van der Waals surface area contributed by atoms with Gasteiger partial charge in [-0.3, -0.25) is 4.99 Å². The summed E-state index contributed by atoms with van der Waals surface area (Å²) >= 11 is 1.81. The fourth-order valence-corrected chi connectivity index (χ4v) is 3.94. The summed E-state index contributed by atoms with van der Waals surface area (Å²) in [5.41, 5.74) is 1.11. The van der Waals surface area contributed by atoms with Gasteiger partial charge in [0.1, 0.15) is 5.82 Å². The van der Waals surface area contributed by atoms with E-state index in [1.165, 1.54) is 17.1 Å². The summed E-state index contributed by atoms with van der Waals surface area (Å²) in [6, 6.07) is 11.4. The third-order valence-electron chi connectivity index (χ3n) is 4.58. The Morgan fingerprint density at radius 3 is 2.59 bits per heavy atom. The van der Waals surface area contributed by atoms with Crippen molar-refractivity contribution >= 4 is 46.3 Å². The van der Waals surface area contributed by atoms with Gasteiger partial charge in [-0.25, -0.2) is 4.39 Å². The summed E-state index contributed by atoms with van der Waals surface area (Å²) in [5, 5.41) is 10.4. The van der Waals surface area contributed by atoms with E-state index in [1.54, 1.807) is 0 Å². The fourth-order valence-electron chi connectivity index (χ4n) is 3.16. The Labute approximate surface area is 182 Å². The first kappa shape index (κ1) is 21.9. The molecule has 0 aliphatic carbocycles. The Morgan fingerprint density at radius 1 is 1.22 bits per heavy atom. The van der Waals surface area contributed by atoms with Crippen molar-refractivity contribution in [3.05, 3.63) is 53.2 Å². The summed E-state index contributed by atoms with van der Waals surface area (Å²) in [6.45, 7) is 5.77. The molecule has 1 aromatic carbocycles. The number of guanidine groups is 1. The molecule has 1 aromatic heterocycles. The number of rotatable bonds is 6. The van der Waals surface area contributed by atoms with Gasteiger partial charge in [-0.1, -0.05) is 12.1 Å². The van der Waals surface area contributed by atoms with Crippen LogP contribution in [0.4, 0.5) is 9.39 Å². The lowest BCUT2D eigenvalue weighted by Crippen LogP contribution is -2.48. The molecule has 148 valence electrons. The van der Waals surface area contributed by atoms with Gasteiger partial charge in [0.05, 0.1) is 5.00 Å².